The van der Waals surface area contributed by atoms with Gasteiger partial charge in [-0.05, 0) is 28.2 Å². The van der Waals surface area contributed by atoms with Crippen LogP contribution in [-0.4, -0.2) is 0 Å². The Kier molecular flexibility index (Phi) is 9.26. The Morgan fingerprint density at radius 2 is 1.33 bits per heavy atom. The molecule has 0 unspecified atom stereocenters. The molecule has 1 radical (unpaired) electrons. The van der Waals surface area contributed by atoms with Crippen molar-refractivity contribution in [1.82, 2.24) is 0 Å². The predicted octanol–water partition coefficient (Wildman–Crippen LogP) is 3.07. The van der Waals surface area contributed by atoms with E-state index in [0.717, 1.165) is 6.42 Å². The molecule has 0 N–H and O–H groups in total. The minimum absolute atomic E-state index is 0. The van der Waals surface area contributed by atoms with Crippen LogP contribution in [0.15, 0.2) is 54.1 Å². The summed E-state index contributed by atoms with van der Waals surface area (Å²) in [4.78, 5) is 0. The van der Waals surface area contributed by atoms with Gasteiger partial charge < -0.3 is 24.8 Å². The molecular formula is C30H37Cl2Zr. The monoisotopic (exact) mass is 557 g/mol. The second-order valence-corrected chi connectivity index (χ2v) is 12.2. The van der Waals surface area contributed by atoms with Crippen LogP contribution in [0.25, 0.3) is 27.1 Å². The van der Waals surface area contributed by atoms with Crippen LogP contribution in [0, 0.1) is 5.41 Å². The Bertz CT molecular complexity index is 1200. The van der Waals surface area contributed by atoms with Gasteiger partial charge >= 0.3 is 26.2 Å². The first-order valence-corrected chi connectivity index (χ1v) is 11.4. The first kappa shape index (κ1) is 30.3. The van der Waals surface area contributed by atoms with Gasteiger partial charge in [-0.2, -0.15) is 0 Å². The van der Waals surface area contributed by atoms with E-state index in [-0.39, 0.29) is 67.3 Å². The van der Waals surface area contributed by atoms with E-state index in [1.54, 1.807) is 0 Å². The number of fused-ring (bicyclic) bond motifs is 3. The summed E-state index contributed by atoms with van der Waals surface area (Å²) in [6.45, 7) is 20.8. The first-order valence-electron chi connectivity index (χ1n) is 11.4. The maximum Gasteiger partial charge on any atom is 3.00 e. The fourth-order valence-corrected chi connectivity index (χ4v) is 4.75. The Balaban J connectivity index is 0.00000181. The average Bonchev–Trinajstić information content (AvgIpc) is 3.23. The molecule has 0 saturated carbocycles. The van der Waals surface area contributed by atoms with E-state index in [1.165, 1.54) is 49.4 Å². The molecule has 0 amide bonds. The summed E-state index contributed by atoms with van der Waals surface area (Å²) in [6, 6.07) is 14.2. The molecule has 0 saturated heterocycles. The van der Waals surface area contributed by atoms with Crippen molar-refractivity contribution in [2.45, 2.75) is 79.6 Å². The summed E-state index contributed by atoms with van der Waals surface area (Å²) in [6.07, 6.45) is 5.92. The molecule has 3 aromatic rings. The third-order valence-corrected chi connectivity index (χ3v) is 6.62. The summed E-state index contributed by atoms with van der Waals surface area (Å²) < 4.78 is 0. The molecule has 0 spiro atoms. The molecule has 33 heavy (non-hydrogen) atoms. The Labute approximate surface area is 232 Å². The van der Waals surface area contributed by atoms with E-state index < -0.39 is 0 Å². The molecule has 4 rings (SSSR count). The maximum absolute atomic E-state index is 2.46. The second kappa shape index (κ2) is 10.1. The predicted molar refractivity (Wildman–Crippen MR) is 135 cm³/mol. The summed E-state index contributed by atoms with van der Waals surface area (Å²) >= 11 is 0. The Morgan fingerprint density at radius 1 is 0.727 bits per heavy atom. The standard InChI is InChI=1S/C30H37.2ClH.Zr/c1-28(2,3)21-11-10-19(16-21)27-25-18-20-17-22(29(4,5)6)12-13-23(20)24(25)14-15-26(27)30(7,8)9;;;/h11-18H,10H2,1-9H3;2*1H;/q-1;;;+3/p-2. The quantitative estimate of drug-likeness (QED) is 0.402. The Hall–Kier alpha value is -0.747. The van der Waals surface area contributed by atoms with Gasteiger partial charge in [-0.15, -0.1) is 33.7 Å². The molecule has 175 valence electrons. The van der Waals surface area contributed by atoms with Gasteiger partial charge in [0.1, 0.15) is 0 Å². The van der Waals surface area contributed by atoms with Gasteiger partial charge in [0.05, 0.1) is 0 Å². The Morgan fingerprint density at radius 3 is 1.85 bits per heavy atom. The molecule has 0 aromatic heterocycles. The minimum atomic E-state index is 0. The van der Waals surface area contributed by atoms with Gasteiger partial charge in [-0.3, -0.25) is 0 Å². The van der Waals surface area contributed by atoms with Crippen LogP contribution in [0.1, 0.15) is 85.4 Å². The topological polar surface area (TPSA) is 0 Å². The third kappa shape index (κ3) is 5.74. The van der Waals surface area contributed by atoms with Gasteiger partial charge in [0, 0.05) is 0 Å². The molecular weight excluding hydrogens is 522 g/mol. The molecule has 0 atom stereocenters. The van der Waals surface area contributed by atoms with Crippen LogP contribution in [0.2, 0.25) is 0 Å². The van der Waals surface area contributed by atoms with Crippen molar-refractivity contribution >= 4 is 27.1 Å². The first-order chi connectivity index (χ1) is 13.8. The minimum Gasteiger partial charge on any atom is -1.00 e. The summed E-state index contributed by atoms with van der Waals surface area (Å²) in [5.41, 5.74) is 7.71. The molecule has 0 nitrogen and oxygen atoms in total. The van der Waals surface area contributed by atoms with Gasteiger partial charge in [-0.25, -0.2) is 0 Å². The van der Waals surface area contributed by atoms with Gasteiger partial charge in [0.2, 0.25) is 0 Å². The number of allylic oxidation sites excluding steroid dienone is 4. The molecule has 0 fully saturated rings. The van der Waals surface area contributed by atoms with E-state index in [1.807, 2.05) is 0 Å². The number of hydrogen-bond donors (Lipinski definition) is 0. The van der Waals surface area contributed by atoms with Gasteiger partial charge in [0.25, 0.3) is 0 Å². The van der Waals surface area contributed by atoms with Crippen LogP contribution < -0.4 is 24.8 Å². The van der Waals surface area contributed by atoms with Crippen molar-refractivity contribution in [3.8, 4) is 0 Å². The number of benzene rings is 2. The summed E-state index contributed by atoms with van der Waals surface area (Å²) in [5.74, 6) is 0. The van der Waals surface area contributed by atoms with Crippen LogP contribution >= 0.6 is 0 Å². The van der Waals surface area contributed by atoms with Crippen molar-refractivity contribution in [3.63, 3.8) is 0 Å². The van der Waals surface area contributed by atoms with E-state index in [2.05, 4.69) is 111 Å². The zero-order valence-electron chi connectivity index (χ0n) is 21.6. The van der Waals surface area contributed by atoms with Gasteiger partial charge in [-0.1, -0.05) is 121 Å². The molecule has 0 heterocycles. The van der Waals surface area contributed by atoms with Crippen molar-refractivity contribution in [1.29, 1.82) is 0 Å². The fourth-order valence-electron chi connectivity index (χ4n) is 4.75. The fraction of sp³-hybridized carbons (Fsp3) is 0.433. The van der Waals surface area contributed by atoms with E-state index in [4.69, 9.17) is 0 Å². The molecule has 1 aliphatic rings. The summed E-state index contributed by atoms with van der Waals surface area (Å²) in [5, 5.41) is 5.55. The zero-order valence-corrected chi connectivity index (χ0v) is 25.6. The molecule has 3 heteroatoms. The van der Waals surface area contributed by atoms with Crippen molar-refractivity contribution in [2.24, 2.45) is 5.41 Å². The SMILES string of the molecule is CC(C)(C)C1=CCC(c2c(C(C)(C)C)ccc3c2[cH-]c2cc(C(C)(C)C)ccc23)=C1.[Cl-].[Cl-].[Zr+3]. The normalized spacial score (nSPS) is 14.3. The number of rotatable bonds is 1. The molecule has 0 aliphatic heterocycles. The molecule has 0 bridgehead atoms. The number of hydrogen-bond acceptors (Lipinski definition) is 0. The molecule has 1 aliphatic carbocycles. The largest absolute Gasteiger partial charge is 3.00 e. The maximum atomic E-state index is 2.46. The van der Waals surface area contributed by atoms with Crippen LogP contribution in [0.4, 0.5) is 0 Å². The average molecular weight is 560 g/mol. The van der Waals surface area contributed by atoms with Crippen LogP contribution in [0.5, 0.6) is 0 Å². The number of halogens is 2. The van der Waals surface area contributed by atoms with Crippen LogP contribution in [-0.2, 0) is 37.0 Å². The van der Waals surface area contributed by atoms with Crippen molar-refractivity contribution < 1.29 is 51.0 Å². The smallest absolute Gasteiger partial charge is 1.00 e. The second-order valence-electron chi connectivity index (χ2n) is 12.2. The van der Waals surface area contributed by atoms with E-state index in [9.17, 15) is 0 Å². The van der Waals surface area contributed by atoms with Crippen molar-refractivity contribution in [2.75, 3.05) is 0 Å². The van der Waals surface area contributed by atoms with Crippen LogP contribution in [0.3, 0.4) is 0 Å². The summed E-state index contributed by atoms with van der Waals surface area (Å²) in [7, 11) is 0. The molecule has 3 aromatic carbocycles. The van der Waals surface area contributed by atoms with Gasteiger partial charge in [0.15, 0.2) is 0 Å². The third-order valence-electron chi connectivity index (χ3n) is 6.62. The zero-order chi connectivity index (χ0) is 22.1. The van der Waals surface area contributed by atoms with Crippen molar-refractivity contribution in [3.05, 3.63) is 70.8 Å². The van der Waals surface area contributed by atoms with E-state index in [0.29, 0.717) is 0 Å². The van der Waals surface area contributed by atoms with E-state index >= 15 is 0 Å².